The summed E-state index contributed by atoms with van der Waals surface area (Å²) in [6.07, 6.45) is 0.312. The molecule has 1 saturated heterocycles. The first kappa shape index (κ1) is 15.2. The molecule has 0 aromatic heterocycles. The Labute approximate surface area is 124 Å². The van der Waals surface area contributed by atoms with Crippen LogP contribution in [0.2, 0.25) is 0 Å². The predicted molar refractivity (Wildman–Crippen MR) is 73.8 cm³/mol. The Hall–Kier alpha value is -3.16. The molecule has 1 heterocycles. The molecule has 1 aromatic carbocycles. The summed E-state index contributed by atoms with van der Waals surface area (Å²) in [7, 11) is 0. The van der Waals surface area contributed by atoms with Gasteiger partial charge < -0.3 is 9.84 Å². The molecule has 114 valence electrons. The van der Waals surface area contributed by atoms with Crippen molar-refractivity contribution >= 4 is 29.9 Å². The molecule has 4 amide bonds. The quantitative estimate of drug-likeness (QED) is 0.543. The van der Waals surface area contributed by atoms with Crippen LogP contribution in [0.5, 0.6) is 5.75 Å². The van der Waals surface area contributed by atoms with Gasteiger partial charge >= 0.3 is 12.0 Å². The van der Waals surface area contributed by atoms with E-state index < -0.39 is 29.9 Å². The maximum Gasteiger partial charge on any atom is 0.344 e. The average Bonchev–Trinajstić information content (AvgIpc) is 2.44. The fourth-order valence-corrected chi connectivity index (χ4v) is 1.67. The van der Waals surface area contributed by atoms with E-state index in [-0.39, 0.29) is 5.57 Å². The highest BCUT2D eigenvalue weighted by Gasteiger charge is 2.27. The van der Waals surface area contributed by atoms with E-state index in [2.05, 4.69) is 0 Å². The molecule has 8 heteroatoms. The highest BCUT2D eigenvalue weighted by atomic mass is 16.5. The molecule has 8 nitrogen and oxygen atoms in total. The van der Waals surface area contributed by atoms with E-state index in [1.807, 2.05) is 10.6 Å². The van der Waals surface area contributed by atoms with Gasteiger partial charge in [0.25, 0.3) is 11.8 Å². The van der Waals surface area contributed by atoms with Crippen LogP contribution in [0.25, 0.3) is 6.08 Å². The van der Waals surface area contributed by atoms with Gasteiger partial charge in [-0.1, -0.05) is 12.1 Å². The second kappa shape index (κ2) is 6.08. The van der Waals surface area contributed by atoms with Gasteiger partial charge in [0.1, 0.15) is 11.3 Å². The number of rotatable bonds is 4. The van der Waals surface area contributed by atoms with Crippen molar-refractivity contribution in [1.82, 2.24) is 10.6 Å². The number of barbiturate groups is 1. The summed E-state index contributed by atoms with van der Waals surface area (Å²) < 4.78 is 5.15. The maximum absolute atomic E-state index is 11.6. The first-order valence-electron chi connectivity index (χ1n) is 6.24. The van der Waals surface area contributed by atoms with Crippen molar-refractivity contribution in [3.05, 3.63) is 35.4 Å². The van der Waals surface area contributed by atoms with Crippen LogP contribution in [-0.2, 0) is 14.4 Å². The smallest absolute Gasteiger partial charge is 0.344 e. The lowest BCUT2D eigenvalue weighted by molar-refractivity contribution is -0.144. The normalized spacial score (nSPS) is 15.7. The number of carboxylic acids is 1. The number of imide groups is 2. The number of ether oxygens (including phenoxy) is 1. The second-order valence-electron chi connectivity index (χ2n) is 4.46. The molecular formula is C14H12N2O6. The van der Waals surface area contributed by atoms with Gasteiger partial charge in [-0.25, -0.2) is 9.59 Å². The topological polar surface area (TPSA) is 122 Å². The van der Waals surface area contributed by atoms with Gasteiger partial charge in [0.15, 0.2) is 6.10 Å². The summed E-state index contributed by atoms with van der Waals surface area (Å²) in [5, 5.41) is 12.7. The maximum atomic E-state index is 11.6. The monoisotopic (exact) mass is 304 g/mol. The van der Waals surface area contributed by atoms with Crippen LogP contribution in [-0.4, -0.2) is 35.0 Å². The Kier molecular flexibility index (Phi) is 4.21. The number of nitrogens with one attached hydrogen (secondary N) is 2. The third-order valence-electron chi connectivity index (χ3n) is 2.80. The predicted octanol–water partition coefficient (Wildman–Crippen LogP) is 0.288. The summed E-state index contributed by atoms with van der Waals surface area (Å²) >= 11 is 0. The molecule has 1 fully saturated rings. The summed E-state index contributed by atoms with van der Waals surface area (Å²) in [6.45, 7) is 1.39. The van der Waals surface area contributed by atoms with Gasteiger partial charge in [-0.2, -0.15) is 0 Å². The lowest BCUT2D eigenvalue weighted by Crippen LogP contribution is -2.51. The zero-order chi connectivity index (χ0) is 16.3. The number of hydrogen-bond donors (Lipinski definition) is 3. The minimum Gasteiger partial charge on any atom is -0.479 e. The van der Waals surface area contributed by atoms with Crippen molar-refractivity contribution in [3.63, 3.8) is 0 Å². The van der Waals surface area contributed by atoms with Gasteiger partial charge in [0.2, 0.25) is 0 Å². The van der Waals surface area contributed by atoms with Crippen LogP contribution in [0.1, 0.15) is 12.5 Å². The second-order valence-corrected chi connectivity index (χ2v) is 4.46. The lowest BCUT2D eigenvalue weighted by atomic mass is 10.1. The van der Waals surface area contributed by atoms with Crippen LogP contribution < -0.4 is 15.4 Å². The molecule has 0 bridgehead atoms. The fraction of sp³-hybridized carbons (Fsp3) is 0.143. The molecule has 1 aliphatic heterocycles. The van der Waals surface area contributed by atoms with Crippen LogP contribution in [0.4, 0.5) is 4.79 Å². The number of aliphatic carboxylic acids is 1. The van der Waals surface area contributed by atoms with E-state index in [1.165, 1.54) is 25.1 Å². The van der Waals surface area contributed by atoms with Gasteiger partial charge in [-0.05, 0) is 30.7 Å². The molecule has 0 saturated carbocycles. The van der Waals surface area contributed by atoms with Gasteiger partial charge in [-0.3, -0.25) is 20.2 Å². The minimum absolute atomic E-state index is 0.202. The van der Waals surface area contributed by atoms with Crippen LogP contribution in [0, 0.1) is 0 Å². The van der Waals surface area contributed by atoms with Crippen molar-refractivity contribution in [3.8, 4) is 5.75 Å². The van der Waals surface area contributed by atoms with E-state index in [4.69, 9.17) is 9.84 Å². The molecule has 1 aliphatic rings. The largest absolute Gasteiger partial charge is 0.479 e. The molecule has 2 rings (SSSR count). The highest BCUT2D eigenvalue weighted by Crippen LogP contribution is 2.16. The zero-order valence-electron chi connectivity index (χ0n) is 11.5. The summed E-state index contributed by atoms with van der Waals surface area (Å²) in [4.78, 5) is 44.7. The number of hydrogen-bond acceptors (Lipinski definition) is 5. The lowest BCUT2D eigenvalue weighted by Gasteiger charge is -2.14. The number of benzene rings is 1. The Bertz CT molecular complexity index is 655. The Morgan fingerprint density at radius 3 is 2.18 bits per heavy atom. The van der Waals surface area contributed by atoms with E-state index in [0.717, 1.165) is 0 Å². The van der Waals surface area contributed by atoms with E-state index in [1.54, 1.807) is 12.1 Å². The molecule has 22 heavy (non-hydrogen) atoms. The SMILES string of the molecule is CC(Oc1ccc(C=C2C(=O)NC(=O)NC2=O)cc1)C(=O)O. The Morgan fingerprint density at radius 1 is 1.14 bits per heavy atom. The van der Waals surface area contributed by atoms with Crippen molar-refractivity contribution in [2.75, 3.05) is 0 Å². The highest BCUT2D eigenvalue weighted by molar-refractivity contribution is 6.31. The van der Waals surface area contributed by atoms with E-state index in [0.29, 0.717) is 11.3 Å². The summed E-state index contributed by atoms with van der Waals surface area (Å²) in [5.41, 5.74) is 0.317. The first-order valence-corrected chi connectivity index (χ1v) is 6.24. The molecule has 1 atom stereocenters. The van der Waals surface area contributed by atoms with Crippen molar-refractivity contribution < 1.29 is 29.0 Å². The van der Waals surface area contributed by atoms with Crippen LogP contribution in [0.3, 0.4) is 0 Å². The molecule has 1 aromatic rings. The molecule has 3 N–H and O–H groups in total. The summed E-state index contributed by atoms with van der Waals surface area (Å²) in [5.74, 6) is -2.32. The van der Waals surface area contributed by atoms with Gasteiger partial charge in [-0.15, -0.1) is 0 Å². The Balaban J connectivity index is 2.15. The van der Waals surface area contributed by atoms with E-state index in [9.17, 15) is 19.2 Å². The number of amides is 4. The average molecular weight is 304 g/mol. The van der Waals surface area contributed by atoms with Crippen LogP contribution in [0.15, 0.2) is 29.8 Å². The van der Waals surface area contributed by atoms with E-state index >= 15 is 0 Å². The standard InChI is InChI=1S/C14H12N2O6/c1-7(13(19)20)22-9-4-2-8(3-5-9)6-10-11(17)15-14(21)16-12(10)18/h2-7H,1H3,(H,19,20)(H2,15,16,17,18,21). The third kappa shape index (κ3) is 3.48. The number of carbonyl (C=O) groups excluding carboxylic acids is 3. The number of carboxylic acid groups (broad SMARTS) is 1. The van der Waals surface area contributed by atoms with Crippen LogP contribution >= 0.6 is 0 Å². The third-order valence-corrected chi connectivity index (χ3v) is 2.80. The minimum atomic E-state index is -1.09. The molecule has 1 unspecified atom stereocenters. The molecule has 0 radical (unpaired) electrons. The zero-order valence-corrected chi connectivity index (χ0v) is 11.5. The van der Waals surface area contributed by atoms with Gasteiger partial charge in [0.05, 0.1) is 0 Å². The number of urea groups is 1. The first-order chi connectivity index (χ1) is 10.4. The molecule has 0 aliphatic carbocycles. The number of carbonyl (C=O) groups is 4. The molecule has 0 spiro atoms. The molecular weight excluding hydrogens is 292 g/mol. The van der Waals surface area contributed by atoms with Gasteiger partial charge in [0, 0.05) is 0 Å². The van der Waals surface area contributed by atoms with Crippen molar-refractivity contribution in [2.45, 2.75) is 13.0 Å². The van der Waals surface area contributed by atoms with Crippen molar-refractivity contribution in [2.24, 2.45) is 0 Å². The Morgan fingerprint density at radius 2 is 1.68 bits per heavy atom. The summed E-state index contributed by atoms with van der Waals surface area (Å²) in [6, 6.07) is 5.26. The fourth-order valence-electron chi connectivity index (χ4n) is 1.67. The van der Waals surface area contributed by atoms with Crippen molar-refractivity contribution in [1.29, 1.82) is 0 Å².